The number of piperidine rings is 1. The Hall–Kier alpha value is -1.61. The second kappa shape index (κ2) is 3.46. The van der Waals surface area contributed by atoms with E-state index >= 15 is 0 Å². The van der Waals surface area contributed by atoms with Crippen LogP contribution in [-0.2, 0) is 4.79 Å². The number of allylic oxidation sites excluding steroid dienone is 1. The number of hydrogen-bond donors (Lipinski definition) is 1. The predicted octanol–water partition coefficient (Wildman–Crippen LogP) is 1.95. The number of rotatable bonds is 1. The molecule has 0 spiro atoms. The van der Waals surface area contributed by atoms with Gasteiger partial charge in [0, 0.05) is 0 Å². The number of nitrogens with zero attached hydrogens (tertiary/aromatic N) is 1. The van der Waals surface area contributed by atoms with E-state index in [0.717, 1.165) is 17.0 Å². The first-order valence-electron chi connectivity index (χ1n) is 5.52. The van der Waals surface area contributed by atoms with Gasteiger partial charge in [-0.2, -0.15) is 0 Å². The van der Waals surface area contributed by atoms with Crippen molar-refractivity contribution in [3.8, 4) is 0 Å². The van der Waals surface area contributed by atoms with Gasteiger partial charge in [-0.15, -0.1) is 0 Å². The highest BCUT2D eigenvalue weighted by Crippen LogP contribution is 2.40. The Bertz CT molecular complexity index is 441. The average molecular weight is 215 g/mol. The van der Waals surface area contributed by atoms with Crippen molar-refractivity contribution in [3.05, 3.63) is 48.0 Å². The molecule has 2 aliphatic rings. The molecule has 82 valence electrons. The van der Waals surface area contributed by atoms with E-state index < -0.39 is 0 Å². The molecular formula is C13H13NO2. The van der Waals surface area contributed by atoms with E-state index in [4.69, 9.17) is 0 Å². The number of hydrogen-bond acceptors (Lipinski definition) is 2. The molecule has 0 aromatic heterocycles. The maximum absolute atomic E-state index is 12.0. The Morgan fingerprint density at radius 3 is 2.69 bits per heavy atom. The molecule has 1 aromatic carbocycles. The molecule has 0 radical (unpaired) electrons. The number of carbonyl (C=O) groups is 1. The zero-order valence-electron chi connectivity index (χ0n) is 8.78. The van der Waals surface area contributed by atoms with Gasteiger partial charge in [-0.1, -0.05) is 42.5 Å². The Kier molecular flexibility index (Phi) is 2.07. The van der Waals surface area contributed by atoms with Crippen LogP contribution in [0.15, 0.2) is 42.5 Å². The van der Waals surface area contributed by atoms with Crippen LogP contribution in [0.4, 0.5) is 0 Å². The fourth-order valence-electron chi connectivity index (χ4n) is 2.67. The molecule has 3 atom stereocenters. The van der Waals surface area contributed by atoms with Crippen LogP contribution in [0, 0.1) is 5.92 Å². The lowest BCUT2D eigenvalue weighted by molar-refractivity contribution is -0.180. The number of hydroxylamine groups is 2. The molecule has 0 saturated carbocycles. The van der Waals surface area contributed by atoms with Crippen molar-refractivity contribution in [2.45, 2.75) is 18.4 Å². The highest BCUT2D eigenvalue weighted by Gasteiger charge is 2.43. The third-order valence-electron chi connectivity index (χ3n) is 3.49. The molecule has 3 heteroatoms. The van der Waals surface area contributed by atoms with Crippen LogP contribution in [-0.4, -0.2) is 22.2 Å². The summed E-state index contributed by atoms with van der Waals surface area (Å²) in [5.41, 5.74) is 0.988. The lowest BCUT2D eigenvalue weighted by Crippen LogP contribution is -2.44. The first kappa shape index (κ1) is 9.60. The Morgan fingerprint density at radius 1 is 1.19 bits per heavy atom. The normalized spacial score (nSPS) is 32.2. The molecular weight excluding hydrogens is 202 g/mol. The Balaban J connectivity index is 2.00. The lowest BCUT2D eigenvalue weighted by atomic mass is 9.82. The summed E-state index contributed by atoms with van der Waals surface area (Å²) in [4.78, 5) is 12.0. The van der Waals surface area contributed by atoms with Crippen LogP contribution >= 0.6 is 0 Å². The van der Waals surface area contributed by atoms with Crippen LogP contribution in [0.2, 0.25) is 0 Å². The van der Waals surface area contributed by atoms with Gasteiger partial charge in [-0.05, 0) is 17.9 Å². The molecule has 3 nitrogen and oxygen atoms in total. The zero-order valence-corrected chi connectivity index (χ0v) is 8.78. The molecule has 1 aliphatic heterocycles. The highest BCUT2D eigenvalue weighted by atomic mass is 16.5. The molecule has 1 N–H and O–H groups in total. The van der Waals surface area contributed by atoms with E-state index in [1.165, 1.54) is 0 Å². The van der Waals surface area contributed by atoms with Crippen molar-refractivity contribution in [1.82, 2.24) is 5.06 Å². The van der Waals surface area contributed by atoms with Crippen molar-refractivity contribution in [2.24, 2.45) is 5.92 Å². The van der Waals surface area contributed by atoms with Crippen LogP contribution < -0.4 is 0 Å². The van der Waals surface area contributed by atoms with Gasteiger partial charge < -0.3 is 0 Å². The summed E-state index contributed by atoms with van der Waals surface area (Å²) in [6, 6.07) is 9.56. The minimum atomic E-state index is -0.221. The number of fused-ring (bicyclic) bond motifs is 2. The molecule has 1 saturated heterocycles. The quantitative estimate of drug-likeness (QED) is 0.574. The van der Waals surface area contributed by atoms with Gasteiger partial charge in [-0.25, -0.2) is 5.06 Å². The van der Waals surface area contributed by atoms with E-state index in [0.29, 0.717) is 0 Å². The van der Waals surface area contributed by atoms with Crippen LogP contribution in [0.5, 0.6) is 0 Å². The number of carbonyl (C=O) groups excluding carboxylic acids is 1. The summed E-state index contributed by atoms with van der Waals surface area (Å²) in [5, 5.41) is 10.6. The monoisotopic (exact) mass is 215 g/mol. The van der Waals surface area contributed by atoms with Gasteiger partial charge in [0.1, 0.15) is 0 Å². The van der Waals surface area contributed by atoms with Gasteiger partial charge in [0.05, 0.1) is 12.0 Å². The van der Waals surface area contributed by atoms with E-state index in [2.05, 4.69) is 6.08 Å². The molecule has 1 amide bonds. The van der Waals surface area contributed by atoms with Gasteiger partial charge in [-0.3, -0.25) is 10.0 Å². The zero-order chi connectivity index (χ0) is 11.1. The average Bonchev–Trinajstić information content (AvgIpc) is 2.74. The molecule has 1 aromatic rings. The van der Waals surface area contributed by atoms with Crippen LogP contribution in [0.3, 0.4) is 0 Å². The molecule has 2 bridgehead atoms. The maximum atomic E-state index is 12.0. The first-order chi connectivity index (χ1) is 7.77. The summed E-state index contributed by atoms with van der Waals surface area (Å²) in [7, 11) is 0. The van der Waals surface area contributed by atoms with E-state index in [-0.39, 0.29) is 23.8 Å². The van der Waals surface area contributed by atoms with Crippen LogP contribution in [0.25, 0.3) is 0 Å². The predicted molar refractivity (Wildman–Crippen MR) is 58.9 cm³/mol. The van der Waals surface area contributed by atoms with Gasteiger partial charge in [0.15, 0.2) is 0 Å². The summed E-state index contributed by atoms with van der Waals surface area (Å²) in [6.07, 6.45) is 4.81. The molecule has 1 heterocycles. The van der Waals surface area contributed by atoms with Gasteiger partial charge in [0.2, 0.25) is 0 Å². The van der Waals surface area contributed by atoms with Crippen molar-refractivity contribution in [1.29, 1.82) is 0 Å². The summed E-state index contributed by atoms with van der Waals surface area (Å²) in [6.45, 7) is 0. The third-order valence-corrected chi connectivity index (χ3v) is 3.49. The van der Waals surface area contributed by atoms with Gasteiger partial charge in [0.25, 0.3) is 5.91 Å². The van der Waals surface area contributed by atoms with Crippen molar-refractivity contribution >= 4 is 5.91 Å². The highest BCUT2D eigenvalue weighted by molar-refractivity contribution is 5.85. The maximum Gasteiger partial charge on any atom is 0.254 e. The van der Waals surface area contributed by atoms with Crippen molar-refractivity contribution in [2.75, 3.05) is 0 Å². The Morgan fingerprint density at radius 2 is 1.94 bits per heavy atom. The van der Waals surface area contributed by atoms with E-state index in [9.17, 15) is 10.0 Å². The molecule has 1 aliphatic carbocycles. The standard InChI is InChI=1S/C13H13NO2/c15-13-12(9-4-2-1-3-5-9)10-6-7-11(8-10)14(13)16/h1-7,10-12,16H,8H2/t10-,11-,12-/m1/s1. The van der Waals surface area contributed by atoms with Crippen LogP contribution in [0.1, 0.15) is 17.9 Å². The summed E-state index contributed by atoms with van der Waals surface area (Å²) in [5.74, 6) is -0.165. The topological polar surface area (TPSA) is 40.5 Å². The minimum Gasteiger partial charge on any atom is -0.285 e. The smallest absolute Gasteiger partial charge is 0.254 e. The first-order valence-corrected chi connectivity index (χ1v) is 5.52. The largest absolute Gasteiger partial charge is 0.285 e. The summed E-state index contributed by atoms with van der Waals surface area (Å²) < 4.78 is 0. The van der Waals surface area contributed by atoms with E-state index in [1.54, 1.807) is 0 Å². The lowest BCUT2D eigenvalue weighted by Gasteiger charge is -2.34. The SMILES string of the molecule is O=C1[C@H](c2ccccc2)[C@@H]2C=C[C@H](C2)N1O. The second-order valence-electron chi connectivity index (χ2n) is 4.42. The Labute approximate surface area is 94.0 Å². The van der Waals surface area contributed by atoms with Crippen molar-refractivity contribution in [3.63, 3.8) is 0 Å². The molecule has 0 unspecified atom stereocenters. The second-order valence-corrected chi connectivity index (χ2v) is 4.42. The molecule has 16 heavy (non-hydrogen) atoms. The van der Waals surface area contributed by atoms with Crippen molar-refractivity contribution < 1.29 is 10.0 Å². The molecule has 3 rings (SSSR count). The van der Waals surface area contributed by atoms with E-state index in [1.807, 2.05) is 36.4 Å². The summed E-state index contributed by atoms with van der Waals surface area (Å²) >= 11 is 0. The minimum absolute atomic E-state index is 0.113. The molecule has 1 fully saturated rings. The van der Waals surface area contributed by atoms with Gasteiger partial charge >= 0.3 is 0 Å². The number of amides is 1. The fourth-order valence-corrected chi connectivity index (χ4v) is 2.67. The third kappa shape index (κ3) is 1.28. The fraction of sp³-hybridized carbons (Fsp3) is 0.308. The number of benzene rings is 1.